The Hall–Kier alpha value is -2.86. The van der Waals surface area contributed by atoms with Crippen molar-refractivity contribution in [1.29, 1.82) is 0 Å². The molecule has 0 saturated carbocycles. The molecule has 3 aromatic carbocycles. The third-order valence-electron chi connectivity index (χ3n) is 6.64. The summed E-state index contributed by atoms with van der Waals surface area (Å²) in [7, 11) is 0. The lowest BCUT2D eigenvalue weighted by molar-refractivity contribution is 0.659. The molecule has 0 radical (unpaired) electrons. The molecule has 2 aliphatic carbocycles. The Morgan fingerprint density at radius 2 is 1.48 bits per heavy atom. The van der Waals surface area contributed by atoms with Crippen LogP contribution >= 0.6 is 0 Å². The van der Waals surface area contributed by atoms with E-state index in [1.165, 1.54) is 50.1 Å². The van der Waals surface area contributed by atoms with Crippen molar-refractivity contribution in [2.45, 2.75) is 45.4 Å². The highest BCUT2D eigenvalue weighted by Gasteiger charge is 2.35. The Kier molecular flexibility index (Phi) is 4.32. The van der Waals surface area contributed by atoms with Crippen molar-refractivity contribution in [3.63, 3.8) is 0 Å². The minimum absolute atomic E-state index is 0.0670. The van der Waals surface area contributed by atoms with Gasteiger partial charge in [0.2, 0.25) is 0 Å². The molecular formula is C29H28. The van der Waals surface area contributed by atoms with Crippen molar-refractivity contribution in [1.82, 2.24) is 0 Å². The largest absolute Gasteiger partial charge is 0.0842 e. The van der Waals surface area contributed by atoms with Gasteiger partial charge in [-0.3, -0.25) is 0 Å². The second kappa shape index (κ2) is 6.88. The smallest absolute Gasteiger partial charge is 0.0159 e. The van der Waals surface area contributed by atoms with E-state index in [1.807, 2.05) is 0 Å². The van der Waals surface area contributed by atoms with E-state index in [4.69, 9.17) is 0 Å². The number of fused-ring (bicyclic) bond motifs is 3. The van der Waals surface area contributed by atoms with E-state index in [-0.39, 0.29) is 5.41 Å². The van der Waals surface area contributed by atoms with Crippen LogP contribution in [-0.2, 0) is 11.8 Å². The molecule has 3 aromatic rings. The van der Waals surface area contributed by atoms with E-state index in [2.05, 4.69) is 99.7 Å². The maximum Gasteiger partial charge on any atom is 0.0159 e. The first kappa shape index (κ1) is 18.2. The minimum atomic E-state index is 0.0670. The van der Waals surface area contributed by atoms with Gasteiger partial charge in [0, 0.05) is 5.41 Å². The quantitative estimate of drug-likeness (QED) is 0.441. The molecule has 0 spiro atoms. The van der Waals surface area contributed by atoms with E-state index >= 15 is 0 Å². The normalized spacial score (nSPS) is 16.3. The first-order valence-electron chi connectivity index (χ1n) is 10.7. The topological polar surface area (TPSA) is 0 Å². The molecule has 0 bridgehead atoms. The molecular weight excluding hydrogens is 348 g/mol. The molecule has 0 fully saturated rings. The Morgan fingerprint density at radius 1 is 0.793 bits per heavy atom. The van der Waals surface area contributed by atoms with Gasteiger partial charge < -0.3 is 0 Å². The number of rotatable bonds is 3. The van der Waals surface area contributed by atoms with E-state index < -0.39 is 0 Å². The molecule has 29 heavy (non-hydrogen) atoms. The molecule has 0 heteroatoms. The highest BCUT2D eigenvalue weighted by molar-refractivity contribution is 5.81. The number of benzene rings is 3. The van der Waals surface area contributed by atoms with Crippen LogP contribution in [0.3, 0.4) is 0 Å². The summed E-state index contributed by atoms with van der Waals surface area (Å²) in [6.45, 7) is 6.91. The first-order valence-corrected chi connectivity index (χ1v) is 10.7. The number of hydrogen-bond donors (Lipinski definition) is 0. The third kappa shape index (κ3) is 3.17. The zero-order chi connectivity index (χ0) is 20.0. The molecule has 0 saturated heterocycles. The van der Waals surface area contributed by atoms with Crippen LogP contribution in [0.15, 0.2) is 78.9 Å². The van der Waals surface area contributed by atoms with Gasteiger partial charge in [-0.05, 0) is 70.7 Å². The van der Waals surface area contributed by atoms with Gasteiger partial charge in [0.1, 0.15) is 0 Å². The first-order chi connectivity index (χ1) is 14.0. The summed E-state index contributed by atoms with van der Waals surface area (Å²) >= 11 is 0. The number of allylic oxidation sites excluding steroid dienone is 4. The monoisotopic (exact) mass is 376 g/mol. The fourth-order valence-corrected chi connectivity index (χ4v) is 4.92. The van der Waals surface area contributed by atoms with Crippen LogP contribution in [0.2, 0.25) is 0 Å². The van der Waals surface area contributed by atoms with Crippen molar-refractivity contribution in [3.8, 4) is 11.1 Å². The van der Waals surface area contributed by atoms with Gasteiger partial charge in [0.15, 0.2) is 0 Å². The molecule has 0 aromatic heterocycles. The number of hydrogen-bond acceptors (Lipinski definition) is 0. The summed E-state index contributed by atoms with van der Waals surface area (Å²) in [6, 6.07) is 23.1. The van der Waals surface area contributed by atoms with Crippen molar-refractivity contribution in [2.24, 2.45) is 0 Å². The highest BCUT2D eigenvalue weighted by atomic mass is 14.4. The maximum atomic E-state index is 2.44. The molecule has 0 unspecified atom stereocenters. The van der Waals surface area contributed by atoms with E-state index in [0.29, 0.717) is 0 Å². The molecule has 0 nitrogen and oxygen atoms in total. The fraction of sp³-hybridized carbons (Fsp3) is 0.241. The summed E-state index contributed by atoms with van der Waals surface area (Å²) in [5.41, 5.74) is 12.7. The maximum absolute atomic E-state index is 2.44. The van der Waals surface area contributed by atoms with Crippen LogP contribution in [0.4, 0.5) is 0 Å². The molecule has 0 amide bonds. The van der Waals surface area contributed by atoms with Gasteiger partial charge in [-0.15, -0.1) is 0 Å². The van der Waals surface area contributed by atoms with Crippen LogP contribution in [0, 0.1) is 6.92 Å². The van der Waals surface area contributed by atoms with Crippen molar-refractivity contribution in [2.75, 3.05) is 0 Å². The molecule has 0 heterocycles. The second-order valence-corrected chi connectivity index (χ2v) is 9.09. The van der Waals surface area contributed by atoms with Gasteiger partial charge in [0.05, 0.1) is 0 Å². The minimum Gasteiger partial charge on any atom is -0.0842 e. The Morgan fingerprint density at radius 3 is 2.21 bits per heavy atom. The van der Waals surface area contributed by atoms with Gasteiger partial charge in [-0.25, -0.2) is 0 Å². The van der Waals surface area contributed by atoms with E-state index in [9.17, 15) is 0 Å². The van der Waals surface area contributed by atoms with Crippen molar-refractivity contribution >= 4 is 5.57 Å². The van der Waals surface area contributed by atoms with Crippen LogP contribution < -0.4 is 0 Å². The Balaban J connectivity index is 1.43. The van der Waals surface area contributed by atoms with Crippen molar-refractivity contribution in [3.05, 3.63) is 112 Å². The number of aryl methyl sites for hydroxylation is 1. The molecule has 144 valence electrons. The predicted octanol–water partition coefficient (Wildman–Crippen LogP) is 7.63. The Labute approximate surface area is 174 Å². The zero-order valence-electron chi connectivity index (χ0n) is 17.6. The molecule has 5 rings (SSSR count). The fourth-order valence-electron chi connectivity index (χ4n) is 4.92. The third-order valence-corrected chi connectivity index (χ3v) is 6.64. The summed E-state index contributed by atoms with van der Waals surface area (Å²) in [5, 5.41) is 0. The summed E-state index contributed by atoms with van der Waals surface area (Å²) in [6.07, 6.45) is 9.96. The average molecular weight is 377 g/mol. The lowest BCUT2D eigenvalue weighted by Crippen LogP contribution is -2.15. The average Bonchev–Trinajstić information content (AvgIpc) is 2.96. The molecule has 2 aliphatic rings. The lowest BCUT2D eigenvalue weighted by Gasteiger charge is -2.22. The Bertz CT molecular complexity index is 1140. The van der Waals surface area contributed by atoms with Crippen LogP contribution in [0.25, 0.3) is 16.7 Å². The van der Waals surface area contributed by atoms with Crippen LogP contribution in [0.5, 0.6) is 0 Å². The van der Waals surface area contributed by atoms with Gasteiger partial charge in [0.25, 0.3) is 0 Å². The van der Waals surface area contributed by atoms with E-state index in [1.54, 1.807) is 0 Å². The summed E-state index contributed by atoms with van der Waals surface area (Å²) < 4.78 is 0. The van der Waals surface area contributed by atoms with Gasteiger partial charge in [-0.2, -0.15) is 0 Å². The second-order valence-electron chi connectivity index (χ2n) is 9.09. The molecule has 0 N–H and O–H groups in total. The van der Waals surface area contributed by atoms with Gasteiger partial charge >= 0.3 is 0 Å². The molecule has 0 atom stereocenters. The van der Waals surface area contributed by atoms with Crippen LogP contribution in [0.1, 0.15) is 60.1 Å². The zero-order valence-corrected chi connectivity index (χ0v) is 17.6. The van der Waals surface area contributed by atoms with Crippen molar-refractivity contribution < 1.29 is 0 Å². The highest BCUT2D eigenvalue weighted by Crippen LogP contribution is 2.49. The van der Waals surface area contributed by atoms with Gasteiger partial charge in [-0.1, -0.05) is 98.3 Å². The van der Waals surface area contributed by atoms with Crippen LogP contribution in [-0.4, -0.2) is 0 Å². The predicted molar refractivity (Wildman–Crippen MR) is 124 cm³/mol. The summed E-state index contributed by atoms with van der Waals surface area (Å²) in [4.78, 5) is 0. The van der Waals surface area contributed by atoms with E-state index in [0.717, 1.165) is 19.3 Å². The summed E-state index contributed by atoms with van der Waals surface area (Å²) in [5.74, 6) is 0. The lowest BCUT2D eigenvalue weighted by atomic mass is 9.81. The standard InChI is InChI=1S/C29H28/c1-20-9-15-25-26-16-12-22(19-28(26)29(2,3)27(25)17-20)18-21-10-13-24(14-11-21)23-7-5-4-6-8-23/h4-5,7,9-17,19H,6,8,18H2,1-3H3. The SMILES string of the molecule is Cc1ccc2c(c1)C(C)(C)c1cc(Cc3ccc(C4=CC=CCC4)cc3)ccc1-2. The molecule has 0 aliphatic heterocycles.